The van der Waals surface area contributed by atoms with Crippen LogP contribution in [0.1, 0.15) is 31.7 Å². The molecule has 1 aliphatic rings. The van der Waals surface area contributed by atoms with Crippen molar-refractivity contribution in [2.75, 3.05) is 18.5 Å². The van der Waals surface area contributed by atoms with Gasteiger partial charge in [0.15, 0.2) is 0 Å². The Morgan fingerprint density at radius 1 is 1.52 bits per heavy atom. The molecule has 0 spiro atoms. The van der Waals surface area contributed by atoms with E-state index in [1.54, 1.807) is 26.0 Å². The monoisotopic (exact) mass is 322 g/mol. The summed E-state index contributed by atoms with van der Waals surface area (Å²) in [5.41, 5.74) is 0.912. The molecule has 7 heteroatoms. The fraction of sp³-hybridized carbons (Fsp3) is 0.562. The van der Waals surface area contributed by atoms with Crippen molar-refractivity contribution in [3.8, 4) is 0 Å². The first kappa shape index (κ1) is 17.4. The molecule has 2 atom stereocenters. The zero-order chi connectivity index (χ0) is 16.8. The lowest BCUT2D eigenvalue weighted by atomic mass is 10.1. The summed E-state index contributed by atoms with van der Waals surface area (Å²) in [6.07, 6.45) is 2.51. The summed E-state index contributed by atoms with van der Waals surface area (Å²) in [4.78, 5) is 22.6. The maximum Gasteiger partial charge on any atom is 0.274 e. The highest BCUT2D eigenvalue weighted by atomic mass is 16.6. The Morgan fingerprint density at radius 3 is 2.96 bits per heavy atom. The minimum atomic E-state index is -0.652. The van der Waals surface area contributed by atoms with Gasteiger partial charge in [-0.25, -0.2) is 0 Å². The first-order valence-electron chi connectivity index (χ1n) is 7.76. The highest BCUT2D eigenvalue weighted by Gasteiger charge is 2.20. The molecule has 1 amide bonds. The van der Waals surface area contributed by atoms with Crippen LogP contribution >= 0.6 is 0 Å². The normalized spacial score (nSPS) is 19.1. The first-order valence-corrected chi connectivity index (χ1v) is 7.76. The van der Waals surface area contributed by atoms with E-state index in [4.69, 9.17) is 9.47 Å². The molecule has 1 aromatic carbocycles. The van der Waals surface area contributed by atoms with E-state index >= 15 is 0 Å². The van der Waals surface area contributed by atoms with Crippen LogP contribution in [0.2, 0.25) is 0 Å². The van der Waals surface area contributed by atoms with E-state index in [0.717, 1.165) is 25.9 Å². The molecular weight excluding hydrogens is 300 g/mol. The van der Waals surface area contributed by atoms with Crippen molar-refractivity contribution < 1.29 is 19.2 Å². The number of rotatable bonds is 6. The number of nitrogens with zero attached hydrogens (tertiary/aromatic N) is 1. The van der Waals surface area contributed by atoms with Gasteiger partial charge in [0.25, 0.3) is 11.6 Å². The number of anilines is 1. The summed E-state index contributed by atoms with van der Waals surface area (Å²) in [6, 6.07) is 4.59. The Balaban J connectivity index is 1.87. The topological polar surface area (TPSA) is 90.7 Å². The molecule has 23 heavy (non-hydrogen) atoms. The van der Waals surface area contributed by atoms with E-state index in [0.29, 0.717) is 17.9 Å². The molecule has 2 rings (SSSR count). The lowest BCUT2D eigenvalue weighted by Crippen LogP contribution is -2.32. The molecule has 1 saturated heterocycles. The number of benzene rings is 1. The van der Waals surface area contributed by atoms with Gasteiger partial charge in [0, 0.05) is 23.9 Å². The fourth-order valence-electron chi connectivity index (χ4n) is 2.39. The van der Waals surface area contributed by atoms with Gasteiger partial charge in [0.2, 0.25) is 0 Å². The number of nitrogens with one attached hydrogen (secondary N) is 1. The van der Waals surface area contributed by atoms with Gasteiger partial charge in [-0.1, -0.05) is 6.07 Å². The van der Waals surface area contributed by atoms with Gasteiger partial charge in [0.1, 0.15) is 6.10 Å². The third-order valence-electron chi connectivity index (χ3n) is 3.85. The predicted molar refractivity (Wildman–Crippen MR) is 85.5 cm³/mol. The van der Waals surface area contributed by atoms with Gasteiger partial charge < -0.3 is 14.8 Å². The number of amides is 1. The van der Waals surface area contributed by atoms with E-state index in [2.05, 4.69) is 5.32 Å². The van der Waals surface area contributed by atoms with Crippen LogP contribution in [-0.2, 0) is 14.3 Å². The maximum absolute atomic E-state index is 12.1. The summed E-state index contributed by atoms with van der Waals surface area (Å²) in [6.45, 7) is 4.42. The van der Waals surface area contributed by atoms with Crippen LogP contribution in [0.3, 0.4) is 0 Å². The first-order chi connectivity index (χ1) is 11.0. The van der Waals surface area contributed by atoms with E-state index < -0.39 is 11.0 Å². The van der Waals surface area contributed by atoms with Gasteiger partial charge in [-0.3, -0.25) is 14.9 Å². The van der Waals surface area contributed by atoms with Crippen molar-refractivity contribution in [2.45, 2.75) is 45.3 Å². The number of hydrogen-bond donors (Lipinski definition) is 1. The summed E-state index contributed by atoms with van der Waals surface area (Å²) in [5.74, 6) is -0.334. The van der Waals surface area contributed by atoms with E-state index in [9.17, 15) is 14.9 Å². The summed E-state index contributed by atoms with van der Waals surface area (Å²) in [5, 5.41) is 13.6. The smallest absolute Gasteiger partial charge is 0.274 e. The molecule has 126 valence electrons. The standard InChI is InChI=1S/C16H22N2O5/c1-11-6-7-13(9-15(11)18(20)21)17-16(19)12(2)23-10-14-5-3-4-8-22-14/h6-7,9,12,14H,3-5,8,10H2,1-2H3,(H,17,19)/t12-,14-/m1/s1. The molecule has 7 nitrogen and oxygen atoms in total. The zero-order valence-electron chi connectivity index (χ0n) is 13.4. The van der Waals surface area contributed by atoms with Crippen molar-refractivity contribution in [1.82, 2.24) is 0 Å². The zero-order valence-corrected chi connectivity index (χ0v) is 13.4. The van der Waals surface area contributed by atoms with Gasteiger partial charge >= 0.3 is 0 Å². The SMILES string of the molecule is Cc1ccc(NC(=O)[C@@H](C)OC[C@H]2CCCCO2)cc1[N+](=O)[O-]. The Kier molecular flexibility index (Phi) is 6.06. The van der Waals surface area contributed by atoms with Crippen molar-refractivity contribution in [1.29, 1.82) is 0 Å². The predicted octanol–water partition coefficient (Wildman–Crippen LogP) is 2.82. The van der Waals surface area contributed by atoms with Crippen LogP contribution in [-0.4, -0.2) is 36.3 Å². The number of nitro groups is 1. The molecule has 0 unspecified atom stereocenters. The third-order valence-corrected chi connectivity index (χ3v) is 3.85. The largest absolute Gasteiger partial charge is 0.376 e. The van der Waals surface area contributed by atoms with Crippen molar-refractivity contribution >= 4 is 17.3 Å². The molecule has 0 aliphatic carbocycles. The average molecular weight is 322 g/mol. The summed E-state index contributed by atoms with van der Waals surface area (Å²) < 4.78 is 11.1. The van der Waals surface area contributed by atoms with Crippen LogP contribution in [0.5, 0.6) is 0 Å². The second-order valence-corrected chi connectivity index (χ2v) is 5.71. The Morgan fingerprint density at radius 2 is 2.30 bits per heavy atom. The van der Waals surface area contributed by atoms with Crippen molar-refractivity contribution in [2.24, 2.45) is 0 Å². The Bertz CT molecular complexity index is 570. The van der Waals surface area contributed by atoms with Gasteiger partial charge in [-0.2, -0.15) is 0 Å². The van der Waals surface area contributed by atoms with Gasteiger partial charge in [-0.05, 0) is 39.2 Å². The van der Waals surface area contributed by atoms with Crippen LogP contribution in [0.4, 0.5) is 11.4 Å². The van der Waals surface area contributed by atoms with Crippen LogP contribution in [0.15, 0.2) is 18.2 Å². The maximum atomic E-state index is 12.1. The minimum Gasteiger partial charge on any atom is -0.376 e. The minimum absolute atomic E-state index is 0.0213. The number of carbonyl (C=O) groups is 1. The fourth-order valence-corrected chi connectivity index (χ4v) is 2.39. The number of hydrogen-bond acceptors (Lipinski definition) is 5. The molecule has 1 aliphatic heterocycles. The molecule has 1 heterocycles. The van der Waals surface area contributed by atoms with Gasteiger partial charge in [-0.15, -0.1) is 0 Å². The number of carbonyl (C=O) groups excluding carboxylic acids is 1. The molecule has 1 aromatic rings. The number of ether oxygens (including phenoxy) is 2. The second-order valence-electron chi connectivity index (χ2n) is 5.71. The van der Waals surface area contributed by atoms with E-state index in [1.165, 1.54) is 6.07 Å². The van der Waals surface area contributed by atoms with Crippen LogP contribution < -0.4 is 5.32 Å². The number of aryl methyl sites for hydroxylation is 1. The van der Waals surface area contributed by atoms with Gasteiger partial charge in [0.05, 0.1) is 17.6 Å². The highest BCUT2D eigenvalue weighted by Crippen LogP contribution is 2.22. The van der Waals surface area contributed by atoms with Crippen molar-refractivity contribution in [3.63, 3.8) is 0 Å². The number of nitro benzene ring substituents is 1. The molecule has 1 fully saturated rings. The van der Waals surface area contributed by atoms with E-state index in [1.807, 2.05) is 0 Å². The van der Waals surface area contributed by atoms with Crippen LogP contribution in [0.25, 0.3) is 0 Å². The van der Waals surface area contributed by atoms with Crippen LogP contribution in [0, 0.1) is 17.0 Å². The Hall–Kier alpha value is -1.99. The second kappa shape index (κ2) is 8.03. The lowest BCUT2D eigenvalue weighted by Gasteiger charge is -2.23. The Labute approximate surface area is 135 Å². The average Bonchev–Trinajstić information content (AvgIpc) is 2.55. The highest BCUT2D eigenvalue weighted by molar-refractivity contribution is 5.94. The summed E-state index contributed by atoms with van der Waals surface area (Å²) in [7, 11) is 0. The molecule has 0 bridgehead atoms. The summed E-state index contributed by atoms with van der Waals surface area (Å²) >= 11 is 0. The molecule has 0 radical (unpaired) electrons. The van der Waals surface area contributed by atoms with Crippen molar-refractivity contribution in [3.05, 3.63) is 33.9 Å². The molecular formula is C16H22N2O5. The third kappa shape index (κ3) is 5.01. The molecule has 1 N–H and O–H groups in total. The van der Waals surface area contributed by atoms with E-state index in [-0.39, 0.29) is 17.7 Å². The molecule has 0 saturated carbocycles. The molecule has 0 aromatic heterocycles. The lowest BCUT2D eigenvalue weighted by molar-refractivity contribution is -0.385. The quantitative estimate of drug-likeness (QED) is 0.642.